The molecule has 0 aromatic carbocycles. The maximum absolute atomic E-state index is 12.9. The highest BCUT2D eigenvalue weighted by atomic mass is 32.2. The Bertz CT molecular complexity index is 1080. The Balaban J connectivity index is 1.36. The average Bonchev–Trinajstić information content (AvgIpc) is 3.18. The molecule has 1 aliphatic carbocycles. The Morgan fingerprint density at radius 3 is 2.68 bits per heavy atom. The van der Waals surface area contributed by atoms with Crippen molar-refractivity contribution in [3.8, 4) is 0 Å². The van der Waals surface area contributed by atoms with Gasteiger partial charge in [-0.25, -0.2) is 4.98 Å². The SMILES string of the molecule is CSc1cc(C)[nH]c(=O)c1CNC(=O)c1ncc([C@H](C)C2CCC(NC3(C)COC3)CC2)n1C. The zero-order valence-electron chi connectivity index (χ0n) is 20.9. The van der Waals surface area contributed by atoms with Crippen molar-refractivity contribution < 1.29 is 9.53 Å². The lowest BCUT2D eigenvalue weighted by Crippen LogP contribution is -2.61. The molecule has 1 saturated carbocycles. The van der Waals surface area contributed by atoms with E-state index in [2.05, 4.69) is 34.4 Å². The number of aromatic nitrogens is 3. The van der Waals surface area contributed by atoms with Crippen LogP contribution in [0.1, 0.15) is 73.0 Å². The van der Waals surface area contributed by atoms with Crippen LogP contribution in [0.5, 0.6) is 0 Å². The third-order valence-electron chi connectivity index (χ3n) is 7.44. The second-order valence-electron chi connectivity index (χ2n) is 10.2. The molecule has 2 aliphatic rings. The first kappa shape index (κ1) is 25.0. The molecule has 8 nitrogen and oxygen atoms in total. The number of H-pyrrole nitrogens is 1. The smallest absolute Gasteiger partial charge is 0.287 e. The van der Waals surface area contributed by atoms with Crippen LogP contribution in [0, 0.1) is 12.8 Å². The number of pyridine rings is 1. The summed E-state index contributed by atoms with van der Waals surface area (Å²) < 4.78 is 7.28. The van der Waals surface area contributed by atoms with Crippen LogP contribution in [-0.4, -0.2) is 51.5 Å². The van der Waals surface area contributed by atoms with E-state index in [0.717, 1.165) is 42.3 Å². The highest BCUT2D eigenvalue weighted by Gasteiger charge is 2.37. The van der Waals surface area contributed by atoms with Gasteiger partial charge in [0.1, 0.15) is 0 Å². The predicted octanol–water partition coefficient (Wildman–Crippen LogP) is 3.11. The number of thioether (sulfide) groups is 1. The Kier molecular flexibility index (Phi) is 7.54. The van der Waals surface area contributed by atoms with E-state index in [1.54, 1.807) is 0 Å². The molecule has 0 radical (unpaired) electrons. The molecule has 1 amide bonds. The van der Waals surface area contributed by atoms with Gasteiger partial charge in [0.2, 0.25) is 0 Å². The number of carbonyl (C=O) groups excluding carboxylic acids is 1. The fourth-order valence-corrected chi connectivity index (χ4v) is 6.04. The van der Waals surface area contributed by atoms with Gasteiger partial charge >= 0.3 is 0 Å². The van der Waals surface area contributed by atoms with E-state index in [4.69, 9.17) is 4.74 Å². The van der Waals surface area contributed by atoms with Crippen molar-refractivity contribution in [3.63, 3.8) is 0 Å². The fourth-order valence-electron chi connectivity index (χ4n) is 5.33. The Labute approximate surface area is 205 Å². The van der Waals surface area contributed by atoms with Gasteiger partial charge in [-0.1, -0.05) is 6.92 Å². The third kappa shape index (κ3) is 5.26. The first-order chi connectivity index (χ1) is 16.2. The van der Waals surface area contributed by atoms with E-state index >= 15 is 0 Å². The summed E-state index contributed by atoms with van der Waals surface area (Å²) in [7, 11) is 1.91. The predicted molar refractivity (Wildman–Crippen MR) is 134 cm³/mol. The Morgan fingerprint density at radius 1 is 1.35 bits per heavy atom. The minimum atomic E-state index is -0.267. The zero-order valence-corrected chi connectivity index (χ0v) is 21.7. The van der Waals surface area contributed by atoms with Gasteiger partial charge in [-0.15, -0.1) is 11.8 Å². The number of nitrogens with zero attached hydrogens (tertiary/aromatic N) is 2. The summed E-state index contributed by atoms with van der Waals surface area (Å²) in [5.41, 5.74) is 2.44. The molecular formula is C25H37N5O3S. The summed E-state index contributed by atoms with van der Waals surface area (Å²) in [5.74, 6) is 1.01. The van der Waals surface area contributed by atoms with Crippen molar-refractivity contribution in [3.05, 3.63) is 45.4 Å². The minimum absolute atomic E-state index is 0.146. The third-order valence-corrected chi connectivity index (χ3v) is 8.25. The van der Waals surface area contributed by atoms with Gasteiger partial charge < -0.3 is 24.9 Å². The number of rotatable bonds is 8. The van der Waals surface area contributed by atoms with Crippen molar-refractivity contribution in [2.75, 3.05) is 19.5 Å². The molecule has 0 spiro atoms. The summed E-state index contributed by atoms with van der Waals surface area (Å²) in [6.07, 6.45) is 8.42. The highest BCUT2D eigenvalue weighted by Crippen LogP contribution is 2.36. The molecule has 34 heavy (non-hydrogen) atoms. The van der Waals surface area contributed by atoms with Gasteiger partial charge in [0.15, 0.2) is 5.82 Å². The number of hydrogen-bond acceptors (Lipinski definition) is 6. The van der Waals surface area contributed by atoms with Crippen molar-refractivity contribution in [1.82, 2.24) is 25.2 Å². The van der Waals surface area contributed by atoms with Gasteiger partial charge in [0.05, 0.1) is 18.8 Å². The normalized spacial score (nSPS) is 22.7. The van der Waals surface area contributed by atoms with E-state index < -0.39 is 0 Å². The number of hydrogen-bond donors (Lipinski definition) is 3. The first-order valence-electron chi connectivity index (χ1n) is 12.1. The zero-order chi connectivity index (χ0) is 24.5. The second-order valence-corrected chi connectivity index (χ2v) is 11.0. The summed E-state index contributed by atoms with van der Waals surface area (Å²) in [6, 6.07) is 2.49. The standard InChI is InChI=1S/C25H37N5O3S/c1-15-10-21(34-5)19(23(31)28-15)11-27-24(32)22-26-12-20(30(22)4)16(2)17-6-8-18(9-7-17)29-25(3)13-33-14-25/h10,12,16-18,29H,6-9,11,13-14H2,1-5H3,(H,27,32)(H,28,31)/t16-,17?,18?/m1/s1. The maximum atomic E-state index is 12.9. The van der Waals surface area contributed by atoms with Crippen LogP contribution in [0.4, 0.5) is 0 Å². The van der Waals surface area contributed by atoms with E-state index in [9.17, 15) is 9.59 Å². The molecule has 0 bridgehead atoms. The molecule has 186 valence electrons. The van der Waals surface area contributed by atoms with Crippen LogP contribution in [0.15, 0.2) is 22.0 Å². The Hall–Kier alpha value is -2.10. The lowest BCUT2D eigenvalue weighted by atomic mass is 9.77. The molecule has 3 heterocycles. The van der Waals surface area contributed by atoms with Gasteiger partial charge in [0, 0.05) is 53.6 Å². The number of aryl methyl sites for hydroxylation is 1. The Morgan fingerprint density at radius 2 is 2.06 bits per heavy atom. The van der Waals surface area contributed by atoms with E-state index in [-0.39, 0.29) is 23.6 Å². The molecular weight excluding hydrogens is 450 g/mol. The molecule has 3 N–H and O–H groups in total. The van der Waals surface area contributed by atoms with Gasteiger partial charge in [-0.2, -0.15) is 0 Å². The van der Waals surface area contributed by atoms with E-state index in [0.29, 0.717) is 29.3 Å². The van der Waals surface area contributed by atoms with Crippen LogP contribution in [0.2, 0.25) is 0 Å². The topological polar surface area (TPSA) is 101 Å². The van der Waals surface area contributed by atoms with Crippen LogP contribution < -0.4 is 16.2 Å². The molecule has 2 aromatic rings. The molecule has 2 aromatic heterocycles. The summed E-state index contributed by atoms with van der Waals surface area (Å²) in [4.78, 5) is 33.4. The van der Waals surface area contributed by atoms with Crippen LogP contribution in [0.3, 0.4) is 0 Å². The van der Waals surface area contributed by atoms with Crippen LogP contribution in [0.25, 0.3) is 0 Å². The largest absolute Gasteiger partial charge is 0.377 e. The molecule has 9 heteroatoms. The highest BCUT2D eigenvalue weighted by molar-refractivity contribution is 7.98. The average molecular weight is 488 g/mol. The van der Waals surface area contributed by atoms with Gasteiger partial charge in [-0.05, 0) is 57.8 Å². The van der Waals surface area contributed by atoms with Gasteiger partial charge in [0.25, 0.3) is 11.5 Å². The van der Waals surface area contributed by atoms with E-state index in [1.165, 1.54) is 24.6 Å². The molecule has 1 aliphatic heterocycles. The molecule has 0 unspecified atom stereocenters. The number of carbonyl (C=O) groups is 1. The number of ether oxygens (including phenoxy) is 1. The summed E-state index contributed by atoms with van der Waals surface area (Å²) in [6.45, 7) is 8.12. The molecule has 1 atom stereocenters. The summed E-state index contributed by atoms with van der Waals surface area (Å²) in [5, 5.41) is 6.67. The van der Waals surface area contributed by atoms with Gasteiger partial charge in [-0.3, -0.25) is 9.59 Å². The van der Waals surface area contributed by atoms with Crippen molar-refractivity contribution in [2.24, 2.45) is 13.0 Å². The molecule has 1 saturated heterocycles. The maximum Gasteiger partial charge on any atom is 0.287 e. The number of imidazole rings is 1. The lowest BCUT2D eigenvalue weighted by molar-refractivity contribution is -0.0717. The summed E-state index contributed by atoms with van der Waals surface area (Å²) >= 11 is 1.50. The van der Waals surface area contributed by atoms with Crippen molar-refractivity contribution in [2.45, 2.75) is 75.4 Å². The monoisotopic (exact) mass is 487 g/mol. The van der Waals surface area contributed by atoms with Crippen LogP contribution in [-0.2, 0) is 18.3 Å². The fraction of sp³-hybridized carbons (Fsp3) is 0.640. The van der Waals surface area contributed by atoms with Crippen molar-refractivity contribution in [1.29, 1.82) is 0 Å². The molecule has 4 rings (SSSR count). The quantitative estimate of drug-likeness (QED) is 0.495. The van der Waals surface area contributed by atoms with E-state index in [1.807, 2.05) is 37.1 Å². The first-order valence-corrected chi connectivity index (χ1v) is 13.4. The minimum Gasteiger partial charge on any atom is -0.377 e. The number of amides is 1. The number of aromatic amines is 1. The van der Waals surface area contributed by atoms with Crippen LogP contribution >= 0.6 is 11.8 Å². The lowest BCUT2D eigenvalue weighted by Gasteiger charge is -2.44. The molecule has 2 fully saturated rings. The second kappa shape index (κ2) is 10.3. The number of nitrogens with one attached hydrogen (secondary N) is 3. The van der Waals surface area contributed by atoms with Crippen molar-refractivity contribution >= 4 is 17.7 Å².